The molecule has 0 bridgehead atoms. The number of rotatable bonds is 9. The van der Waals surface area contributed by atoms with Gasteiger partial charge in [-0.15, -0.1) is 0 Å². The molecule has 1 aliphatic carbocycles. The van der Waals surface area contributed by atoms with E-state index in [2.05, 4.69) is 37.1 Å². The number of carboxylic acid groups (broad SMARTS) is 1. The molecule has 15 heteroatoms. The lowest BCUT2D eigenvalue weighted by molar-refractivity contribution is -0.142. The first-order valence-corrected chi connectivity index (χ1v) is 17.1. The molecule has 2 fully saturated rings. The number of aliphatic hydroxyl groups is 1. The number of alkyl halides is 3. The Balaban J connectivity index is 0.000000486. The number of nitrogens with one attached hydrogen (secondary N) is 2. The molecule has 3 heterocycles. The van der Waals surface area contributed by atoms with Gasteiger partial charge in [-0.25, -0.2) is 14.4 Å². The van der Waals surface area contributed by atoms with Crippen LogP contribution < -0.4 is 10.0 Å². The maximum Gasteiger partial charge on any atom is 0.419 e. The van der Waals surface area contributed by atoms with Crippen molar-refractivity contribution in [3.8, 4) is 11.3 Å². The second-order valence-corrected chi connectivity index (χ2v) is 13.3. The number of benzene rings is 1. The number of hydrogen-bond acceptors (Lipinski definition) is 9. The van der Waals surface area contributed by atoms with Gasteiger partial charge in [-0.3, -0.25) is 14.2 Å². The first-order valence-electron chi connectivity index (χ1n) is 16.3. The Hall–Kier alpha value is -3.27. The van der Waals surface area contributed by atoms with Gasteiger partial charge >= 0.3 is 12.1 Å². The minimum absolute atomic E-state index is 0.0289. The number of likely N-dealkylation sites (tertiary alicyclic amines) is 1. The van der Waals surface area contributed by atoms with Crippen LogP contribution in [0.25, 0.3) is 11.3 Å². The number of aromatic nitrogens is 4. The van der Waals surface area contributed by atoms with Gasteiger partial charge in [-0.1, -0.05) is 33.1 Å². The highest BCUT2D eigenvalue weighted by Crippen LogP contribution is 2.36. The number of carbonyl (C=O) groups is 1. The quantitative estimate of drug-likeness (QED) is 0.133. The summed E-state index contributed by atoms with van der Waals surface area (Å²) in [5, 5.41) is 25.2. The zero-order valence-corrected chi connectivity index (χ0v) is 29.0. The third-order valence-corrected chi connectivity index (χ3v) is 8.69. The summed E-state index contributed by atoms with van der Waals surface area (Å²) in [7, 11) is 2.08. The highest BCUT2D eigenvalue weighted by molar-refractivity contribution is 7.97. The SMILES string of the molecule is CC.CN1CCC(NSc2ccc(Nc3ncc(C(F)(F)F)c(-c4cnn(CC(C)(C)O)c4)n3)c(F)c2)CC1.O=C(O)C1CCCCC1. The average molecular weight is 698 g/mol. The Kier molecular flexibility index (Phi) is 14.6. The molecule has 0 amide bonds. The van der Waals surface area contributed by atoms with Crippen LogP contribution in [0.1, 0.15) is 78.2 Å². The van der Waals surface area contributed by atoms with Crippen molar-refractivity contribution >= 4 is 29.6 Å². The average Bonchev–Trinajstić information content (AvgIpc) is 3.50. The summed E-state index contributed by atoms with van der Waals surface area (Å²) in [5.41, 5.74) is -2.43. The molecule has 5 rings (SSSR count). The second kappa shape index (κ2) is 17.9. The Bertz CT molecular complexity index is 1450. The van der Waals surface area contributed by atoms with Crippen molar-refractivity contribution in [2.75, 3.05) is 25.5 Å². The van der Waals surface area contributed by atoms with E-state index in [1.54, 1.807) is 19.9 Å². The molecule has 10 nitrogen and oxygen atoms in total. The summed E-state index contributed by atoms with van der Waals surface area (Å²) >= 11 is 1.35. The molecular formula is C33H47F4N7O3S. The molecule has 1 aliphatic heterocycles. The van der Waals surface area contributed by atoms with E-state index in [1.807, 2.05) is 13.8 Å². The van der Waals surface area contributed by atoms with Crippen LogP contribution in [0.2, 0.25) is 0 Å². The Morgan fingerprint density at radius 3 is 2.29 bits per heavy atom. The molecule has 2 aromatic heterocycles. The minimum Gasteiger partial charge on any atom is -0.481 e. The molecule has 266 valence electrons. The van der Waals surface area contributed by atoms with Crippen molar-refractivity contribution in [3.05, 3.63) is 48.2 Å². The van der Waals surface area contributed by atoms with Gasteiger partial charge in [0, 0.05) is 28.9 Å². The van der Waals surface area contributed by atoms with E-state index in [1.165, 1.54) is 47.6 Å². The van der Waals surface area contributed by atoms with E-state index in [0.717, 1.165) is 51.6 Å². The maximum atomic E-state index is 14.8. The number of aliphatic carboxylic acids is 1. The fourth-order valence-electron chi connectivity index (χ4n) is 5.25. The molecule has 0 unspecified atom stereocenters. The van der Waals surface area contributed by atoms with Crippen LogP contribution in [0.15, 0.2) is 41.7 Å². The lowest BCUT2D eigenvalue weighted by Crippen LogP contribution is -2.38. The highest BCUT2D eigenvalue weighted by atomic mass is 32.2. The van der Waals surface area contributed by atoms with Crippen LogP contribution in [0.5, 0.6) is 0 Å². The zero-order valence-electron chi connectivity index (χ0n) is 28.1. The van der Waals surface area contributed by atoms with Crippen LogP contribution in [-0.4, -0.2) is 72.6 Å². The van der Waals surface area contributed by atoms with Gasteiger partial charge in [0.15, 0.2) is 0 Å². The summed E-state index contributed by atoms with van der Waals surface area (Å²) in [6.07, 6.45) is 5.80. The minimum atomic E-state index is -4.71. The van der Waals surface area contributed by atoms with Crippen molar-refractivity contribution in [1.82, 2.24) is 29.4 Å². The first-order chi connectivity index (χ1) is 22.7. The number of piperidine rings is 1. The molecule has 1 saturated carbocycles. The Morgan fingerprint density at radius 2 is 1.73 bits per heavy atom. The Labute approximate surface area is 283 Å². The van der Waals surface area contributed by atoms with Crippen molar-refractivity contribution in [2.24, 2.45) is 5.92 Å². The van der Waals surface area contributed by atoms with E-state index in [0.29, 0.717) is 17.1 Å². The predicted octanol–water partition coefficient (Wildman–Crippen LogP) is 7.38. The molecule has 0 atom stereocenters. The topological polar surface area (TPSA) is 128 Å². The summed E-state index contributed by atoms with van der Waals surface area (Å²) in [4.78, 5) is 21.1. The fraction of sp³-hybridized carbons (Fsp3) is 0.576. The molecule has 4 N–H and O–H groups in total. The van der Waals surface area contributed by atoms with Crippen molar-refractivity contribution in [3.63, 3.8) is 0 Å². The monoisotopic (exact) mass is 697 g/mol. The lowest BCUT2D eigenvalue weighted by atomic mass is 9.90. The van der Waals surface area contributed by atoms with Gasteiger partial charge in [0.05, 0.1) is 35.6 Å². The molecule has 2 aliphatic rings. The van der Waals surface area contributed by atoms with E-state index in [4.69, 9.17) is 5.11 Å². The van der Waals surface area contributed by atoms with Gasteiger partial charge in [0.25, 0.3) is 0 Å². The number of anilines is 2. The van der Waals surface area contributed by atoms with E-state index >= 15 is 0 Å². The van der Waals surface area contributed by atoms with E-state index in [9.17, 15) is 27.5 Å². The van der Waals surface area contributed by atoms with Crippen LogP contribution in [0.4, 0.5) is 29.2 Å². The van der Waals surface area contributed by atoms with Gasteiger partial charge in [0.2, 0.25) is 5.95 Å². The third kappa shape index (κ3) is 12.3. The molecular weight excluding hydrogens is 650 g/mol. The van der Waals surface area contributed by atoms with Gasteiger partial charge in [0.1, 0.15) is 11.4 Å². The van der Waals surface area contributed by atoms with E-state index in [-0.39, 0.29) is 29.7 Å². The normalized spacial score (nSPS) is 16.4. The fourth-order valence-corrected chi connectivity index (χ4v) is 6.08. The summed E-state index contributed by atoms with van der Waals surface area (Å²) < 4.78 is 60.5. The number of halogens is 4. The lowest BCUT2D eigenvalue weighted by Gasteiger charge is -2.29. The van der Waals surface area contributed by atoms with Crippen LogP contribution in [0, 0.1) is 11.7 Å². The zero-order chi connectivity index (χ0) is 35.5. The largest absolute Gasteiger partial charge is 0.481 e. The molecule has 0 radical (unpaired) electrons. The highest BCUT2D eigenvalue weighted by Gasteiger charge is 2.36. The molecule has 1 aromatic carbocycles. The van der Waals surface area contributed by atoms with Crippen LogP contribution >= 0.6 is 11.9 Å². The van der Waals surface area contributed by atoms with Crippen molar-refractivity contribution < 1.29 is 32.6 Å². The first kappa shape index (κ1) is 39.2. The van der Waals surface area contributed by atoms with Gasteiger partial charge in [-0.05, 0) is 89.8 Å². The smallest absolute Gasteiger partial charge is 0.419 e. The number of carboxylic acids is 1. The van der Waals surface area contributed by atoms with Crippen LogP contribution in [-0.2, 0) is 17.5 Å². The Morgan fingerprint density at radius 1 is 1.06 bits per heavy atom. The summed E-state index contributed by atoms with van der Waals surface area (Å²) in [6, 6.07) is 4.90. The van der Waals surface area contributed by atoms with Gasteiger partial charge < -0.3 is 20.4 Å². The molecule has 1 saturated heterocycles. The molecule has 0 spiro atoms. The predicted molar refractivity (Wildman–Crippen MR) is 179 cm³/mol. The summed E-state index contributed by atoms with van der Waals surface area (Å²) in [6.45, 7) is 9.21. The molecule has 3 aromatic rings. The van der Waals surface area contributed by atoms with Gasteiger partial charge in [-0.2, -0.15) is 18.3 Å². The second-order valence-electron chi connectivity index (χ2n) is 12.4. The van der Waals surface area contributed by atoms with Crippen molar-refractivity contribution in [1.29, 1.82) is 0 Å². The summed E-state index contributed by atoms with van der Waals surface area (Å²) in [5.74, 6) is -1.41. The molecule has 48 heavy (non-hydrogen) atoms. The van der Waals surface area contributed by atoms with E-state index < -0.39 is 34.8 Å². The number of hydrogen-bond donors (Lipinski definition) is 4. The standard InChI is InChI=1S/C24H29F4N7OS.C7H12O2.C2H6/c1-23(2,36)14-35-13-15(11-30-35)21-18(24(26,27)28)12-29-22(32-21)31-20-5-4-17(10-19(20)25)37-33-16-6-8-34(3)9-7-16;8-7(9)6-4-2-1-3-5-6;1-2/h4-5,10-13,16,33,36H,6-9,14H2,1-3H3,(H,29,31,32);6H,1-5H2,(H,8,9);1-2H3. The van der Waals surface area contributed by atoms with Crippen molar-refractivity contribution in [2.45, 2.75) is 102 Å². The van der Waals surface area contributed by atoms with Crippen LogP contribution in [0.3, 0.4) is 0 Å². The maximum absolute atomic E-state index is 14.8. The number of nitrogens with zero attached hydrogens (tertiary/aromatic N) is 5. The third-order valence-electron chi connectivity index (χ3n) is 7.75.